The van der Waals surface area contributed by atoms with Gasteiger partial charge < -0.3 is 20.5 Å². The molecule has 1 atom stereocenters. The maximum Gasteiger partial charge on any atom is 0.230 e. The average Bonchev–Trinajstić information content (AvgIpc) is 3.36. The maximum absolute atomic E-state index is 12.7. The van der Waals surface area contributed by atoms with Crippen LogP contribution >= 0.6 is 12.4 Å². The molecule has 1 amide bonds. The van der Waals surface area contributed by atoms with Crippen molar-refractivity contribution in [1.82, 2.24) is 5.32 Å². The highest BCUT2D eigenvalue weighted by Crippen LogP contribution is 2.35. The molecule has 0 aliphatic heterocycles. The number of amides is 1. The van der Waals surface area contributed by atoms with Crippen molar-refractivity contribution < 1.29 is 14.3 Å². The summed E-state index contributed by atoms with van der Waals surface area (Å²) in [6.07, 6.45) is 2.30. The lowest BCUT2D eigenvalue weighted by molar-refractivity contribution is -0.126. The van der Waals surface area contributed by atoms with Crippen LogP contribution in [0.5, 0.6) is 11.5 Å². The van der Waals surface area contributed by atoms with E-state index in [1.54, 1.807) is 14.2 Å². The van der Waals surface area contributed by atoms with Gasteiger partial charge in [0.2, 0.25) is 5.91 Å². The summed E-state index contributed by atoms with van der Waals surface area (Å²) in [6.45, 7) is 4.30. The van der Waals surface area contributed by atoms with Gasteiger partial charge in [-0.2, -0.15) is 0 Å². The van der Waals surface area contributed by atoms with E-state index >= 15 is 0 Å². The average molecular weight is 343 g/mol. The Morgan fingerprint density at radius 2 is 1.91 bits per heavy atom. The Morgan fingerprint density at radius 3 is 2.39 bits per heavy atom. The first-order valence-corrected chi connectivity index (χ1v) is 7.67. The quantitative estimate of drug-likeness (QED) is 0.797. The standard InChI is InChI=1S/C17H26N2O3.ClH/c1-17(2,16(20)19-13(10-18)11-5-6-11)12-7-8-14(21-3)15(9-12)22-4;/h7-9,11,13H,5-6,10,18H2,1-4H3,(H,19,20);1H. The zero-order valence-corrected chi connectivity index (χ0v) is 15.0. The molecule has 1 aliphatic carbocycles. The summed E-state index contributed by atoms with van der Waals surface area (Å²) in [5, 5.41) is 3.10. The number of ether oxygens (including phenoxy) is 2. The number of carbonyl (C=O) groups excluding carboxylic acids is 1. The molecule has 3 N–H and O–H groups in total. The van der Waals surface area contributed by atoms with Crippen molar-refractivity contribution in [3.05, 3.63) is 23.8 Å². The molecule has 1 aromatic carbocycles. The molecule has 5 nitrogen and oxygen atoms in total. The summed E-state index contributed by atoms with van der Waals surface area (Å²) < 4.78 is 10.6. The molecule has 1 aliphatic rings. The minimum atomic E-state index is -0.665. The highest BCUT2D eigenvalue weighted by atomic mass is 35.5. The van der Waals surface area contributed by atoms with Gasteiger partial charge in [0.05, 0.1) is 19.6 Å². The third-order valence-electron chi connectivity index (χ3n) is 4.43. The van der Waals surface area contributed by atoms with Crippen molar-refractivity contribution in [2.24, 2.45) is 11.7 Å². The lowest BCUT2D eigenvalue weighted by Gasteiger charge is -2.28. The summed E-state index contributed by atoms with van der Waals surface area (Å²) in [5.74, 6) is 1.80. The Kier molecular flexibility index (Phi) is 6.71. The van der Waals surface area contributed by atoms with E-state index in [-0.39, 0.29) is 24.4 Å². The van der Waals surface area contributed by atoms with Crippen LogP contribution in [0, 0.1) is 5.92 Å². The van der Waals surface area contributed by atoms with Gasteiger partial charge in [-0.15, -0.1) is 12.4 Å². The summed E-state index contributed by atoms with van der Waals surface area (Å²) in [6, 6.07) is 5.65. The number of rotatable bonds is 7. The molecule has 0 spiro atoms. The van der Waals surface area contributed by atoms with E-state index < -0.39 is 5.41 Å². The molecule has 2 rings (SSSR count). The summed E-state index contributed by atoms with van der Waals surface area (Å²) in [7, 11) is 3.18. The van der Waals surface area contributed by atoms with Crippen LogP contribution in [0.15, 0.2) is 18.2 Å². The van der Waals surface area contributed by atoms with Gasteiger partial charge in [0.25, 0.3) is 0 Å². The molecule has 0 aromatic heterocycles. The number of methoxy groups -OCH3 is 2. The Labute approximate surface area is 144 Å². The van der Waals surface area contributed by atoms with E-state index in [1.165, 1.54) is 0 Å². The molecular weight excluding hydrogens is 316 g/mol. The minimum absolute atomic E-state index is 0. The Hall–Kier alpha value is -1.46. The molecule has 0 bridgehead atoms. The predicted molar refractivity (Wildman–Crippen MR) is 93.5 cm³/mol. The second-order valence-corrected chi connectivity index (χ2v) is 6.35. The van der Waals surface area contributed by atoms with E-state index in [1.807, 2.05) is 32.0 Å². The normalized spacial score (nSPS) is 15.3. The van der Waals surface area contributed by atoms with Crippen molar-refractivity contribution in [3.63, 3.8) is 0 Å². The van der Waals surface area contributed by atoms with E-state index in [9.17, 15) is 4.79 Å². The minimum Gasteiger partial charge on any atom is -0.493 e. The Bertz CT molecular complexity index is 545. The monoisotopic (exact) mass is 342 g/mol. The fourth-order valence-corrected chi connectivity index (χ4v) is 2.57. The van der Waals surface area contributed by atoms with Crippen molar-refractivity contribution >= 4 is 18.3 Å². The molecule has 1 unspecified atom stereocenters. The van der Waals surface area contributed by atoms with Crippen LogP contribution in [-0.2, 0) is 10.2 Å². The number of halogens is 1. The topological polar surface area (TPSA) is 73.6 Å². The molecule has 0 heterocycles. The number of nitrogens with two attached hydrogens (primary N) is 1. The molecule has 1 aromatic rings. The van der Waals surface area contributed by atoms with Gasteiger partial charge in [0.1, 0.15) is 0 Å². The van der Waals surface area contributed by atoms with Crippen LogP contribution in [0.1, 0.15) is 32.3 Å². The fourth-order valence-electron chi connectivity index (χ4n) is 2.57. The molecule has 6 heteroatoms. The van der Waals surface area contributed by atoms with Gasteiger partial charge in [-0.3, -0.25) is 4.79 Å². The first-order chi connectivity index (χ1) is 10.4. The molecular formula is C17H27ClN2O3. The highest BCUT2D eigenvalue weighted by Gasteiger charge is 2.36. The van der Waals surface area contributed by atoms with Gasteiger partial charge in [0, 0.05) is 12.6 Å². The third kappa shape index (κ3) is 4.30. The van der Waals surface area contributed by atoms with Gasteiger partial charge in [-0.1, -0.05) is 6.07 Å². The lowest BCUT2D eigenvalue weighted by atomic mass is 9.83. The van der Waals surface area contributed by atoms with Crippen LogP contribution in [0.3, 0.4) is 0 Å². The van der Waals surface area contributed by atoms with Gasteiger partial charge in [-0.25, -0.2) is 0 Å². The summed E-state index contributed by atoms with van der Waals surface area (Å²) in [5.41, 5.74) is 5.99. The molecule has 1 saturated carbocycles. The first kappa shape index (κ1) is 19.6. The van der Waals surface area contributed by atoms with E-state index in [0.717, 1.165) is 18.4 Å². The predicted octanol–water partition coefficient (Wildman–Crippen LogP) is 2.26. The Balaban J connectivity index is 0.00000264. The molecule has 0 radical (unpaired) electrons. The SMILES string of the molecule is COc1ccc(C(C)(C)C(=O)NC(CN)C2CC2)cc1OC.Cl. The number of hydrogen-bond acceptors (Lipinski definition) is 4. The zero-order valence-electron chi connectivity index (χ0n) is 14.2. The van der Waals surface area contributed by atoms with E-state index in [0.29, 0.717) is 24.0 Å². The molecule has 1 fully saturated rings. The number of hydrogen-bond donors (Lipinski definition) is 2. The highest BCUT2D eigenvalue weighted by molar-refractivity contribution is 5.87. The van der Waals surface area contributed by atoms with Crippen molar-refractivity contribution in [1.29, 1.82) is 0 Å². The summed E-state index contributed by atoms with van der Waals surface area (Å²) in [4.78, 5) is 12.7. The van der Waals surface area contributed by atoms with Crippen LogP contribution in [0.2, 0.25) is 0 Å². The van der Waals surface area contributed by atoms with E-state index in [2.05, 4.69) is 5.32 Å². The second-order valence-electron chi connectivity index (χ2n) is 6.35. The number of carbonyl (C=O) groups is 1. The van der Waals surface area contributed by atoms with Gasteiger partial charge in [-0.05, 0) is 50.3 Å². The van der Waals surface area contributed by atoms with Crippen molar-refractivity contribution in [3.8, 4) is 11.5 Å². The first-order valence-electron chi connectivity index (χ1n) is 7.67. The van der Waals surface area contributed by atoms with Crippen LogP contribution < -0.4 is 20.5 Å². The van der Waals surface area contributed by atoms with E-state index in [4.69, 9.17) is 15.2 Å². The molecule has 0 saturated heterocycles. The molecule has 23 heavy (non-hydrogen) atoms. The van der Waals surface area contributed by atoms with Crippen LogP contribution in [0.4, 0.5) is 0 Å². The van der Waals surface area contributed by atoms with Crippen molar-refractivity contribution in [2.75, 3.05) is 20.8 Å². The summed E-state index contributed by atoms with van der Waals surface area (Å²) >= 11 is 0. The largest absolute Gasteiger partial charge is 0.493 e. The zero-order chi connectivity index (χ0) is 16.3. The number of nitrogens with one attached hydrogen (secondary N) is 1. The Morgan fingerprint density at radius 1 is 1.30 bits per heavy atom. The van der Waals surface area contributed by atoms with Crippen LogP contribution in [-0.4, -0.2) is 32.7 Å². The lowest BCUT2D eigenvalue weighted by Crippen LogP contribution is -2.48. The van der Waals surface area contributed by atoms with Gasteiger partial charge >= 0.3 is 0 Å². The van der Waals surface area contributed by atoms with Crippen molar-refractivity contribution in [2.45, 2.75) is 38.1 Å². The smallest absolute Gasteiger partial charge is 0.230 e. The fraction of sp³-hybridized carbons (Fsp3) is 0.588. The maximum atomic E-state index is 12.7. The third-order valence-corrected chi connectivity index (χ3v) is 4.43. The molecule has 130 valence electrons. The van der Waals surface area contributed by atoms with Gasteiger partial charge in [0.15, 0.2) is 11.5 Å². The second kappa shape index (κ2) is 7.88. The number of benzene rings is 1. The van der Waals surface area contributed by atoms with Crippen LogP contribution in [0.25, 0.3) is 0 Å².